The van der Waals surface area contributed by atoms with Crippen LogP contribution in [0.5, 0.6) is 0 Å². The van der Waals surface area contributed by atoms with Crippen molar-refractivity contribution in [3.8, 4) is 11.1 Å². The quantitative estimate of drug-likeness (QED) is 0.341. The monoisotopic (exact) mass is 452 g/mol. The summed E-state index contributed by atoms with van der Waals surface area (Å²) in [6.45, 7) is 3.57. The number of unbranched alkanes of at least 4 members (excludes halogenated alkanes) is 2. The van der Waals surface area contributed by atoms with Crippen molar-refractivity contribution >= 4 is 0 Å². The first-order valence-corrected chi connectivity index (χ1v) is 13.2. The van der Waals surface area contributed by atoms with Crippen LogP contribution in [0.2, 0.25) is 0 Å². The van der Waals surface area contributed by atoms with Gasteiger partial charge < -0.3 is 9.47 Å². The molecular weight excluding hydrogens is 411 g/mol. The second kappa shape index (κ2) is 12.7. The fourth-order valence-corrected chi connectivity index (χ4v) is 5.53. The summed E-state index contributed by atoms with van der Waals surface area (Å²) >= 11 is 0. The van der Waals surface area contributed by atoms with Gasteiger partial charge in [-0.05, 0) is 79.0 Å². The number of hydrogen-bond donors (Lipinski definition) is 0. The Balaban J connectivity index is 1.23. The molecule has 0 bridgehead atoms. The maximum atomic E-state index is 12.4. The summed E-state index contributed by atoms with van der Waals surface area (Å²) in [6, 6.07) is 17.7. The van der Waals surface area contributed by atoms with Gasteiger partial charge >= 0.3 is 0 Å². The maximum absolute atomic E-state index is 12.4. The van der Waals surface area contributed by atoms with Crippen molar-refractivity contribution in [3.05, 3.63) is 59.7 Å². The van der Waals surface area contributed by atoms with E-state index >= 15 is 0 Å². The molecule has 1 saturated heterocycles. The summed E-state index contributed by atoms with van der Waals surface area (Å²) in [6.07, 6.45) is 11.9. The van der Waals surface area contributed by atoms with Crippen molar-refractivity contribution in [1.82, 2.24) is 0 Å². The molecule has 1 saturated carbocycles. The Kier molecular flexibility index (Phi) is 9.37. The lowest BCUT2D eigenvalue weighted by atomic mass is 9.76. The Morgan fingerprint density at radius 3 is 2.09 bits per heavy atom. The fourth-order valence-electron chi connectivity index (χ4n) is 5.53. The second-order valence-corrected chi connectivity index (χ2v) is 10.0. The number of halogens is 1. The average Bonchev–Trinajstić information content (AvgIpc) is 2.89. The summed E-state index contributed by atoms with van der Waals surface area (Å²) in [7, 11) is 0. The van der Waals surface area contributed by atoms with E-state index in [9.17, 15) is 4.39 Å². The van der Waals surface area contributed by atoms with Gasteiger partial charge in [0, 0.05) is 0 Å². The van der Waals surface area contributed by atoms with Crippen molar-refractivity contribution in [2.24, 2.45) is 5.92 Å². The van der Waals surface area contributed by atoms with Crippen molar-refractivity contribution in [1.29, 1.82) is 0 Å². The highest BCUT2D eigenvalue weighted by Gasteiger charge is 2.32. The Hall–Kier alpha value is -1.71. The molecule has 1 aliphatic carbocycles. The smallest absolute Gasteiger partial charge is 0.0897 e. The Labute approximate surface area is 199 Å². The molecule has 0 radical (unpaired) electrons. The van der Waals surface area contributed by atoms with Crippen LogP contribution in [0.3, 0.4) is 0 Å². The Morgan fingerprint density at radius 2 is 1.48 bits per heavy atom. The largest absolute Gasteiger partial charge is 0.373 e. The molecule has 2 aromatic carbocycles. The predicted molar refractivity (Wildman–Crippen MR) is 134 cm³/mol. The first-order valence-electron chi connectivity index (χ1n) is 13.2. The normalized spacial score (nSPS) is 25.8. The number of rotatable bonds is 10. The minimum atomic E-state index is -0.244. The molecule has 1 aliphatic heterocycles. The third-order valence-electron chi connectivity index (χ3n) is 7.69. The van der Waals surface area contributed by atoms with Crippen LogP contribution < -0.4 is 0 Å². The standard InChI is InChI=1S/C30H41FO2/c1-2-3-4-7-29-21-33-30(22-32-29)28-18-16-27(17-19-28)26-14-12-25(13-15-26)24-10-8-23(9-11-24)6-5-20-31/h8-15,27-30H,2-7,16-22H2,1H3. The van der Waals surface area contributed by atoms with Crippen molar-refractivity contribution in [2.45, 2.75) is 89.3 Å². The Bertz CT molecular complexity index is 800. The van der Waals surface area contributed by atoms with E-state index in [2.05, 4.69) is 55.5 Å². The van der Waals surface area contributed by atoms with E-state index in [0.29, 0.717) is 30.5 Å². The summed E-state index contributed by atoms with van der Waals surface area (Å²) < 4.78 is 24.8. The highest BCUT2D eigenvalue weighted by molar-refractivity contribution is 5.64. The second-order valence-electron chi connectivity index (χ2n) is 10.0. The van der Waals surface area contributed by atoms with Crippen LogP contribution in [0.1, 0.15) is 81.8 Å². The van der Waals surface area contributed by atoms with Crippen LogP contribution in [0, 0.1) is 5.92 Å². The molecule has 180 valence electrons. The topological polar surface area (TPSA) is 18.5 Å². The molecule has 2 atom stereocenters. The molecule has 0 amide bonds. The molecular formula is C30H41FO2. The van der Waals surface area contributed by atoms with Crippen molar-refractivity contribution in [3.63, 3.8) is 0 Å². The summed E-state index contributed by atoms with van der Waals surface area (Å²) in [5.41, 5.74) is 5.17. The van der Waals surface area contributed by atoms with Crippen LogP contribution in [-0.4, -0.2) is 32.1 Å². The molecule has 0 aromatic heterocycles. The van der Waals surface area contributed by atoms with E-state index in [1.165, 1.54) is 67.2 Å². The molecule has 2 aromatic rings. The third-order valence-corrected chi connectivity index (χ3v) is 7.69. The van der Waals surface area contributed by atoms with Crippen LogP contribution in [0.15, 0.2) is 48.5 Å². The molecule has 3 heteroatoms. The zero-order valence-electron chi connectivity index (χ0n) is 20.3. The highest BCUT2D eigenvalue weighted by atomic mass is 19.1. The van der Waals surface area contributed by atoms with Crippen LogP contribution in [-0.2, 0) is 15.9 Å². The summed E-state index contributed by atoms with van der Waals surface area (Å²) in [5, 5.41) is 0. The van der Waals surface area contributed by atoms with E-state index in [0.717, 1.165) is 26.1 Å². The van der Waals surface area contributed by atoms with Crippen molar-refractivity contribution < 1.29 is 13.9 Å². The van der Waals surface area contributed by atoms with E-state index in [1.807, 2.05) is 0 Å². The van der Waals surface area contributed by atoms with E-state index in [1.54, 1.807) is 0 Å². The van der Waals surface area contributed by atoms with Gasteiger partial charge in [0.15, 0.2) is 0 Å². The van der Waals surface area contributed by atoms with Crippen molar-refractivity contribution in [2.75, 3.05) is 19.9 Å². The SMILES string of the molecule is CCCCCC1COC(C2CCC(c3ccc(-c4ccc(CCCF)cc4)cc3)CC2)CO1. The Morgan fingerprint density at radius 1 is 0.788 bits per heavy atom. The fraction of sp³-hybridized carbons (Fsp3) is 0.600. The van der Waals surface area contributed by atoms with Gasteiger partial charge in [0.2, 0.25) is 0 Å². The first-order chi connectivity index (χ1) is 16.3. The van der Waals surface area contributed by atoms with Crippen LogP contribution >= 0.6 is 0 Å². The molecule has 2 unspecified atom stereocenters. The van der Waals surface area contributed by atoms with Crippen LogP contribution in [0.4, 0.5) is 4.39 Å². The van der Waals surface area contributed by atoms with Gasteiger partial charge in [0.25, 0.3) is 0 Å². The molecule has 0 N–H and O–H groups in total. The van der Waals surface area contributed by atoms with Gasteiger partial charge in [-0.2, -0.15) is 0 Å². The lowest BCUT2D eigenvalue weighted by Gasteiger charge is -2.38. The number of hydrogen-bond acceptors (Lipinski definition) is 2. The number of ether oxygens (including phenoxy) is 2. The van der Waals surface area contributed by atoms with Gasteiger partial charge in [-0.3, -0.25) is 4.39 Å². The predicted octanol–water partition coefficient (Wildman–Crippen LogP) is 7.89. The van der Waals surface area contributed by atoms with E-state index in [4.69, 9.17) is 9.47 Å². The minimum Gasteiger partial charge on any atom is -0.373 e. The number of alkyl halides is 1. The van der Waals surface area contributed by atoms with E-state index < -0.39 is 0 Å². The molecule has 2 fully saturated rings. The van der Waals surface area contributed by atoms with Gasteiger partial charge in [-0.1, -0.05) is 74.7 Å². The lowest BCUT2D eigenvalue weighted by molar-refractivity contribution is -0.156. The van der Waals surface area contributed by atoms with Gasteiger partial charge in [-0.25, -0.2) is 0 Å². The summed E-state index contributed by atoms with van der Waals surface area (Å²) in [4.78, 5) is 0. The molecule has 1 heterocycles. The average molecular weight is 453 g/mol. The third kappa shape index (κ3) is 6.90. The molecule has 2 aliphatic rings. The zero-order chi connectivity index (χ0) is 22.9. The highest BCUT2D eigenvalue weighted by Crippen LogP contribution is 2.39. The van der Waals surface area contributed by atoms with Gasteiger partial charge in [0.05, 0.1) is 32.1 Å². The minimum absolute atomic E-state index is 0.244. The van der Waals surface area contributed by atoms with Crippen LogP contribution in [0.25, 0.3) is 11.1 Å². The zero-order valence-corrected chi connectivity index (χ0v) is 20.3. The molecule has 2 nitrogen and oxygen atoms in total. The molecule has 0 spiro atoms. The van der Waals surface area contributed by atoms with Gasteiger partial charge in [0.1, 0.15) is 0 Å². The molecule has 33 heavy (non-hydrogen) atoms. The number of benzene rings is 2. The molecule has 4 rings (SSSR count). The lowest BCUT2D eigenvalue weighted by Crippen LogP contribution is -2.41. The first kappa shape index (κ1) is 24.4. The van der Waals surface area contributed by atoms with E-state index in [-0.39, 0.29) is 6.67 Å². The number of aryl methyl sites for hydroxylation is 1. The maximum Gasteiger partial charge on any atom is 0.0897 e. The summed E-state index contributed by atoms with van der Waals surface area (Å²) in [5.74, 6) is 1.30. The van der Waals surface area contributed by atoms with Gasteiger partial charge in [-0.15, -0.1) is 0 Å².